The van der Waals surface area contributed by atoms with Crippen LogP contribution in [0.3, 0.4) is 0 Å². The molecule has 1 heterocycles. The van der Waals surface area contributed by atoms with Crippen LogP contribution in [-0.2, 0) is 20.7 Å². The fourth-order valence-corrected chi connectivity index (χ4v) is 4.15. The lowest BCUT2D eigenvalue weighted by atomic mass is 10.1. The largest absolute Gasteiger partial charge is 0.493 e. The lowest BCUT2D eigenvalue weighted by molar-refractivity contribution is -0.121. The number of nitrogens with zero attached hydrogens (tertiary/aromatic N) is 1. The van der Waals surface area contributed by atoms with Gasteiger partial charge in [0.05, 0.1) is 37.9 Å². The number of imide groups is 1. The third-order valence-electron chi connectivity index (χ3n) is 6.19. The van der Waals surface area contributed by atoms with Crippen molar-refractivity contribution in [2.75, 3.05) is 32.3 Å². The minimum absolute atomic E-state index is 0.0652. The number of benzene rings is 3. The topological polar surface area (TPSA) is 111 Å². The van der Waals surface area contributed by atoms with E-state index in [4.69, 9.17) is 14.2 Å². The normalized spacial score (nSPS) is 14.9. The minimum Gasteiger partial charge on any atom is -0.493 e. The average molecular weight is 517 g/mol. The van der Waals surface area contributed by atoms with Gasteiger partial charge in [0.15, 0.2) is 23.9 Å². The maximum absolute atomic E-state index is 12.9. The molecule has 1 unspecified atom stereocenters. The summed E-state index contributed by atoms with van der Waals surface area (Å²) < 4.78 is 15.5. The van der Waals surface area contributed by atoms with E-state index in [9.17, 15) is 19.2 Å². The van der Waals surface area contributed by atoms with Gasteiger partial charge < -0.3 is 19.5 Å². The summed E-state index contributed by atoms with van der Waals surface area (Å²) in [6.07, 6.45) is 0.805. The zero-order valence-electron chi connectivity index (χ0n) is 21.1. The molecule has 0 aliphatic carbocycles. The first-order valence-corrected chi connectivity index (χ1v) is 12.1. The molecule has 9 nitrogen and oxygen atoms in total. The molecule has 1 aliphatic heterocycles. The second-order valence-electron chi connectivity index (χ2n) is 8.63. The van der Waals surface area contributed by atoms with Gasteiger partial charge >= 0.3 is 5.97 Å². The predicted molar refractivity (Wildman–Crippen MR) is 140 cm³/mol. The van der Waals surface area contributed by atoms with E-state index >= 15 is 0 Å². The zero-order chi connectivity index (χ0) is 27.1. The van der Waals surface area contributed by atoms with Gasteiger partial charge in [-0.25, -0.2) is 9.69 Å². The first-order valence-electron chi connectivity index (χ1n) is 12.1. The average Bonchev–Trinajstić information content (AvgIpc) is 3.24. The van der Waals surface area contributed by atoms with E-state index in [1.54, 1.807) is 12.1 Å². The lowest BCUT2D eigenvalue weighted by Gasteiger charge is -2.16. The van der Waals surface area contributed by atoms with E-state index in [-0.39, 0.29) is 23.8 Å². The standard InChI is InChI=1S/C29H28N2O7/c1-36-25-13-10-21(16-26(25)37-2)24(32)18-38-29(35)20-8-11-22(12-9-20)31-27(33)17-23(28(31)34)30-15-14-19-6-4-3-5-7-19/h3-13,16,23,30H,14-15,17-18H2,1-2H3. The highest BCUT2D eigenvalue weighted by Crippen LogP contribution is 2.28. The highest BCUT2D eigenvalue weighted by Gasteiger charge is 2.39. The summed E-state index contributed by atoms with van der Waals surface area (Å²) in [5.74, 6) is -0.896. The van der Waals surface area contributed by atoms with Crippen LogP contribution in [-0.4, -0.2) is 57.0 Å². The van der Waals surface area contributed by atoms with Gasteiger partial charge in [-0.05, 0) is 61.0 Å². The van der Waals surface area contributed by atoms with Crippen molar-refractivity contribution in [3.05, 3.63) is 89.5 Å². The highest BCUT2D eigenvalue weighted by atomic mass is 16.5. The Bertz CT molecular complexity index is 1320. The monoisotopic (exact) mass is 516 g/mol. The van der Waals surface area contributed by atoms with E-state index in [2.05, 4.69) is 5.32 Å². The smallest absolute Gasteiger partial charge is 0.338 e. The van der Waals surface area contributed by atoms with Crippen molar-refractivity contribution in [2.45, 2.75) is 18.9 Å². The predicted octanol–water partition coefficient (Wildman–Crippen LogP) is 3.21. The van der Waals surface area contributed by atoms with Crippen LogP contribution in [0.15, 0.2) is 72.8 Å². The number of esters is 1. The van der Waals surface area contributed by atoms with E-state index in [0.29, 0.717) is 29.3 Å². The summed E-state index contributed by atoms with van der Waals surface area (Å²) in [6.45, 7) is 0.101. The molecule has 1 fully saturated rings. The Morgan fingerprint density at radius 3 is 2.26 bits per heavy atom. The molecule has 4 rings (SSSR count). The number of carbonyl (C=O) groups excluding carboxylic acids is 4. The Morgan fingerprint density at radius 2 is 1.58 bits per heavy atom. The molecule has 1 aliphatic rings. The summed E-state index contributed by atoms with van der Waals surface area (Å²) >= 11 is 0. The van der Waals surface area contributed by atoms with Crippen molar-refractivity contribution in [3.63, 3.8) is 0 Å². The number of methoxy groups -OCH3 is 2. The van der Waals surface area contributed by atoms with Gasteiger partial charge in [0.2, 0.25) is 5.91 Å². The van der Waals surface area contributed by atoms with Crippen LogP contribution >= 0.6 is 0 Å². The number of hydrogen-bond donors (Lipinski definition) is 1. The van der Waals surface area contributed by atoms with Crippen LogP contribution in [0.25, 0.3) is 0 Å². The fraction of sp³-hybridized carbons (Fsp3) is 0.241. The summed E-state index contributed by atoms with van der Waals surface area (Å²) in [4.78, 5) is 51.5. The van der Waals surface area contributed by atoms with E-state index in [1.807, 2.05) is 30.3 Å². The highest BCUT2D eigenvalue weighted by molar-refractivity contribution is 6.22. The number of anilines is 1. The van der Waals surface area contributed by atoms with Crippen LogP contribution in [0.2, 0.25) is 0 Å². The summed E-state index contributed by atoms with van der Waals surface area (Å²) in [6, 6.07) is 19.9. The number of hydrogen-bond acceptors (Lipinski definition) is 8. The number of ether oxygens (including phenoxy) is 3. The second-order valence-corrected chi connectivity index (χ2v) is 8.63. The molecule has 0 spiro atoms. The molecule has 0 aromatic heterocycles. The molecule has 1 atom stereocenters. The molecule has 0 bridgehead atoms. The van der Waals surface area contributed by atoms with Crippen LogP contribution < -0.4 is 19.7 Å². The number of ketones is 1. The quantitative estimate of drug-likeness (QED) is 0.235. The molecule has 1 saturated heterocycles. The number of amides is 2. The third kappa shape index (κ3) is 6.07. The van der Waals surface area contributed by atoms with Crippen molar-refractivity contribution in [2.24, 2.45) is 0 Å². The van der Waals surface area contributed by atoms with E-state index in [0.717, 1.165) is 16.9 Å². The molecule has 3 aromatic carbocycles. The Kier molecular flexibility index (Phi) is 8.50. The maximum Gasteiger partial charge on any atom is 0.338 e. The van der Waals surface area contributed by atoms with Crippen LogP contribution in [0.5, 0.6) is 11.5 Å². The van der Waals surface area contributed by atoms with Gasteiger partial charge in [-0.2, -0.15) is 0 Å². The molecule has 0 saturated carbocycles. The first-order chi connectivity index (χ1) is 18.4. The van der Waals surface area contributed by atoms with Gasteiger partial charge in [0.25, 0.3) is 5.91 Å². The molecule has 196 valence electrons. The minimum atomic E-state index is -0.704. The molecule has 0 radical (unpaired) electrons. The first kappa shape index (κ1) is 26.6. The Labute approximate surface area is 220 Å². The van der Waals surface area contributed by atoms with Crippen LogP contribution in [0, 0.1) is 0 Å². The van der Waals surface area contributed by atoms with Gasteiger partial charge in [-0.3, -0.25) is 14.4 Å². The number of carbonyl (C=O) groups is 4. The summed E-state index contributed by atoms with van der Waals surface area (Å²) in [7, 11) is 2.95. The molecule has 2 amide bonds. The molecule has 9 heteroatoms. The van der Waals surface area contributed by atoms with Crippen molar-refractivity contribution < 1.29 is 33.4 Å². The maximum atomic E-state index is 12.9. The van der Waals surface area contributed by atoms with Crippen molar-refractivity contribution in [1.82, 2.24) is 5.32 Å². The van der Waals surface area contributed by atoms with Gasteiger partial charge in [-0.1, -0.05) is 30.3 Å². The lowest BCUT2D eigenvalue weighted by Crippen LogP contribution is -2.39. The molecule has 3 aromatic rings. The SMILES string of the molecule is COc1ccc(C(=O)COC(=O)c2ccc(N3C(=O)CC(NCCc4ccccc4)C3=O)cc2)cc1OC. The fourth-order valence-electron chi connectivity index (χ4n) is 4.15. The number of Topliss-reactive ketones (excluding diaryl/α,β-unsaturated/α-hetero) is 1. The molecular weight excluding hydrogens is 488 g/mol. The van der Waals surface area contributed by atoms with Gasteiger partial charge in [-0.15, -0.1) is 0 Å². The van der Waals surface area contributed by atoms with Crippen LogP contribution in [0.4, 0.5) is 5.69 Å². The van der Waals surface area contributed by atoms with Gasteiger partial charge in [0, 0.05) is 5.56 Å². The Hall–Kier alpha value is -4.50. The molecular formula is C29H28N2O7. The second kappa shape index (κ2) is 12.2. The molecule has 38 heavy (non-hydrogen) atoms. The number of rotatable bonds is 11. The molecule has 1 N–H and O–H groups in total. The van der Waals surface area contributed by atoms with Crippen LogP contribution in [0.1, 0.15) is 32.7 Å². The van der Waals surface area contributed by atoms with Crippen molar-refractivity contribution >= 4 is 29.3 Å². The third-order valence-corrected chi connectivity index (χ3v) is 6.19. The van der Waals surface area contributed by atoms with Crippen molar-refractivity contribution in [1.29, 1.82) is 0 Å². The van der Waals surface area contributed by atoms with Crippen molar-refractivity contribution in [3.8, 4) is 11.5 Å². The Morgan fingerprint density at radius 1 is 0.895 bits per heavy atom. The number of nitrogens with one attached hydrogen (secondary N) is 1. The van der Waals surface area contributed by atoms with E-state index < -0.39 is 24.4 Å². The van der Waals surface area contributed by atoms with Gasteiger partial charge in [0.1, 0.15) is 0 Å². The summed E-state index contributed by atoms with van der Waals surface area (Å²) in [5, 5.41) is 3.16. The van der Waals surface area contributed by atoms with E-state index in [1.165, 1.54) is 44.6 Å². The zero-order valence-corrected chi connectivity index (χ0v) is 21.1. The summed E-state index contributed by atoms with van der Waals surface area (Å²) in [5.41, 5.74) is 2.00. The Balaban J connectivity index is 1.31.